The minimum absolute atomic E-state index is 0.663. The summed E-state index contributed by atoms with van der Waals surface area (Å²) < 4.78 is 6.46. The second kappa shape index (κ2) is 11.4. The van der Waals surface area contributed by atoms with Crippen LogP contribution in [-0.2, 0) is 0 Å². The van der Waals surface area contributed by atoms with Crippen molar-refractivity contribution in [3.63, 3.8) is 0 Å². The maximum Gasteiger partial charge on any atom is 0.160 e. The Balaban J connectivity index is 1.27. The fourth-order valence-corrected chi connectivity index (χ4v) is 6.06. The third kappa shape index (κ3) is 4.75. The molecule has 46 heavy (non-hydrogen) atoms. The molecule has 4 aromatic carbocycles. The average Bonchev–Trinajstić information content (AvgIpc) is 3.50. The highest BCUT2D eigenvalue weighted by atomic mass is 16.3. The Labute approximate surface area is 266 Å². The number of allylic oxidation sites excluding steroid dienone is 1. The van der Waals surface area contributed by atoms with Crippen molar-refractivity contribution in [1.29, 1.82) is 0 Å². The summed E-state index contributed by atoms with van der Waals surface area (Å²) in [6, 6.07) is 40.9. The Morgan fingerprint density at radius 2 is 1.39 bits per heavy atom. The fraction of sp³-hybridized carbons (Fsp3) is 0.0244. The van der Waals surface area contributed by atoms with Gasteiger partial charge in [-0.05, 0) is 43.3 Å². The average molecular weight is 593 g/mol. The standard InChI is InChI=1S/C41H28N4O/c1-3-31(35-25-34(26-12-7-5-8-13-26)44-41(45-35)29-14-9-6-10-15-29)38-32-21-19-30(24-37(32)46-36(38)4-2)33-22-20-28-18-17-27-16-11-23-42-39(27)40(28)43-33/h3-25H,2H2,1H3/b31-3-. The molecule has 0 fully saturated rings. The van der Waals surface area contributed by atoms with E-state index >= 15 is 0 Å². The third-order valence-corrected chi connectivity index (χ3v) is 8.29. The van der Waals surface area contributed by atoms with Gasteiger partial charge < -0.3 is 4.42 Å². The maximum absolute atomic E-state index is 6.46. The van der Waals surface area contributed by atoms with Crippen LogP contribution >= 0.6 is 0 Å². The van der Waals surface area contributed by atoms with E-state index in [1.807, 2.05) is 73.8 Å². The number of rotatable bonds is 6. The Morgan fingerprint density at radius 3 is 2.15 bits per heavy atom. The van der Waals surface area contributed by atoms with E-state index in [4.69, 9.17) is 19.4 Å². The fourth-order valence-electron chi connectivity index (χ4n) is 6.06. The number of fused-ring (bicyclic) bond motifs is 4. The molecule has 0 aliphatic heterocycles. The molecule has 0 N–H and O–H groups in total. The van der Waals surface area contributed by atoms with Gasteiger partial charge in [0, 0.05) is 50.2 Å². The Kier molecular flexibility index (Phi) is 6.77. The highest BCUT2D eigenvalue weighted by molar-refractivity contribution is 6.04. The first-order valence-electron chi connectivity index (χ1n) is 15.2. The zero-order valence-electron chi connectivity index (χ0n) is 25.2. The number of benzene rings is 4. The van der Waals surface area contributed by atoms with Gasteiger partial charge in [0.2, 0.25) is 0 Å². The zero-order chi connectivity index (χ0) is 31.0. The SMILES string of the molecule is C=Cc1oc2cc(-c3ccc4ccc5cccnc5c4n3)ccc2c1/C(=C\C)c1cc(-c2ccccc2)nc(-c2ccccc2)n1. The predicted molar refractivity (Wildman–Crippen MR) is 188 cm³/mol. The minimum Gasteiger partial charge on any atom is -0.456 e. The number of hydrogen-bond acceptors (Lipinski definition) is 5. The number of hydrogen-bond donors (Lipinski definition) is 0. The van der Waals surface area contributed by atoms with Gasteiger partial charge in [-0.1, -0.05) is 104 Å². The molecule has 0 saturated carbocycles. The second-order valence-corrected chi connectivity index (χ2v) is 11.1. The molecule has 0 radical (unpaired) electrons. The predicted octanol–water partition coefficient (Wildman–Crippen LogP) is 10.4. The van der Waals surface area contributed by atoms with E-state index in [2.05, 4.69) is 78.3 Å². The van der Waals surface area contributed by atoms with Crippen molar-refractivity contribution in [3.8, 4) is 33.9 Å². The van der Waals surface area contributed by atoms with Crippen LogP contribution in [0.5, 0.6) is 0 Å². The number of aromatic nitrogens is 4. The Bertz CT molecular complexity index is 2390. The lowest BCUT2D eigenvalue weighted by Crippen LogP contribution is -2.00. The molecule has 5 nitrogen and oxygen atoms in total. The van der Waals surface area contributed by atoms with E-state index in [1.165, 1.54) is 0 Å². The van der Waals surface area contributed by atoms with E-state index in [-0.39, 0.29) is 0 Å². The monoisotopic (exact) mass is 592 g/mol. The van der Waals surface area contributed by atoms with Crippen LogP contribution in [0.15, 0.2) is 145 Å². The smallest absolute Gasteiger partial charge is 0.160 e. The van der Waals surface area contributed by atoms with Gasteiger partial charge in [-0.3, -0.25) is 4.98 Å². The molecule has 0 amide bonds. The van der Waals surface area contributed by atoms with E-state index in [1.54, 1.807) is 6.08 Å². The van der Waals surface area contributed by atoms with E-state index in [9.17, 15) is 0 Å². The van der Waals surface area contributed by atoms with Gasteiger partial charge in [0.1, 0.15) is 11.3 Å². The molecule has 8 rings (SSSR count). The minimum atomic E-state index is 0.663. The summed E-state index contributed by atoms with van der Waals surface area (Å²) >= 11 is 0. The van der Waals surface area contributed by atoms with Crippen molar-refractivity contribution in [1.82, 2.24) is 19.9 Å². The topological polar surface area (TPSA) is 64.7 Å². The van der Waals surface area contributed by atoms with Gasteiger partial charge in [-0.25, -0.2) is 15.0 Å². The summed E-state index contributed by atoms with van der Waals surface area (Å²) in [6.45, 7) is 6.13. The van der Waals surface area contributed by atoms with Gasteiger partial charge in [-0.15, -0.1) is 0 Å². The van der Waals surface area contributed by atoms with Crippen molar-refractivity contribution in [2.45, 2.75) is 6.92 Å². The molecule has 0 atom stereocenters. The highest BCUT2D eigenvalue weighted by Gasteiger charge is 2.21. The van der Waals surface area contributed by atoms with Crippen molar-refractivity contribution in [2.75, 3.05) is 0 Å². The summed E-state index contributed by atoms with van der Waals surface area (Å²) in [4.78, 5) is 19.7. The number of pyridine rings is 2. The Hall–Kier alpha value is -6.20. The Morgan fingerprint density at radius 1 is 0.652 bits per heavy atom. The first-order chi connectivity index (χ1) is 22.7. The number of furan rings is 1. The van der Waals surface area contributed by atoms with Gasteiger partial charge >= 0.3 is 0 Å². The van der Waals surface area contributed by atoms with Gasteiger partial charge in [0.05, 0.1) is 28.1 Å². The van der Waals surface area contributed by atoms with Crippen molar-refractivity contribution >= 4 is 44.4 Å². The molecule has 8 aromatic rings. The first-order valence-corrected chi connectivity index (χ1v) is 15.2. The maximum atomic E-state index is 6.46. The zero-order valence-corrected chi connectivity index (χ0v) is 25.2. The lowest BCUT2D eigenvalue weighted by Gasteiger charge is -2.12. The molecular formula is C41H28N4O. The first kappa shape index (κ1) is 27.4. The quantitative estimate of drug-likeness (QED) is 0.180. The summed E-state index contributed by atoms with van der Waals surface area (Å²) in [5.74, 6) is 1.35. The van der Waals surface area contributed by atoms with Crippen molar-refractivity contribution in [2.24, 2.45) is 0 Å². The van der Waals surface area contributed by atoms with Crippen LogP contribution in [0.4, 0.5) is 0 Å². The van der Waals surface area contributed by atoms with Crippen LogP contribution in [0, 0.1) is 0 Å². The van der Waals surface area contributed by atoms with E-state index < -0.39 is 0 Å². The molecule has 4 heterocycles. The van der Waals surface area contributed by atoms with Crippen LogP contribution in [0.3, 0.4) is 0 Å². The van der Waals surface area contributed by atoms with Crippen molar-refractivity contribution in [3.05, 3.63) is 157 Å². The molecule has 0 saturated heterocycles. The normalized spacial score (nSPS) is 11.8. The lowest BCUT2D eigenvalue weighted by atomic mass is 9.96. The number of nitrogens with zero attached hydrogens (tertiary/aromatic N) is 4. The summed E-state index contributed by atoms with van der Waals surface area (Å²) in [7, 11) is 0. The summed E-state index contributed by atoms with van der Waals surface area (Å²) in [6.07, 6.45) is 5.66. The van der Waals surface area contributed by atoms with Gasteiger partial charge in [0.15, 0.2) is 5.82 Å². The van der Waals surface area contributed by atoms with Crippen LogP contribution in [0.1, 0.15) is 23.9 Å². The highest BCUT2D eigenvalue weighted by Crippen LogP contribution is 2.38. The van der Waals surface area contributed by atoms with Crippen LogP contribution < -0.4 is 0 Å². The lowest BCUT2D eigenvalue weighted by molar-refractivity contribution is 0.603. The molecule has 4 aromatic heterocycles. The van der Waals surface area contributed by atoms with Crippen LogP contribution in [-0.4, -0.2) is 19.9 Å². The molecule has 0 aliphatic rings. The van der Waals surface area contributed by atoms with Crippen LogP contribution in [0.2, 0.25) is 0 Å². The molecule has 0 spiro atoms. The molecule has 0 unspecified atom stereocenters. The van der Waals surface area contributed by atoms with Crippen molar-refractivity contribution < 1.29 is 4.42 Å². The largest absolute Gasteiger partial charge is 0.456 e. The molecule has 218 valence electrons. The molecule has 5 heteroatoms. The van der Waals surface area contributed by atoms with Gasteiger partial charge in [-0.2, -0.15) is 0 Å². The van der Waals surface area contributed by atoms with Crippen LogP contribution in [0.25, 0.3) is 78.3 Å². The molecule has 0 aliphatic carbocycles. The molecular weight excluding hydrogens is 564 g/mol. The van der Waals surface area contributed by atoms with E-state index in [0.29, 0.717) is 11.6 Å². The van der Waals surface area contributed by atoms with E-state index in [0.717, 1.165) is 77.7 Å². The third-order valence-electron chi connectivity index (χ3n) is 8.29. The molecule has 0 bridgehead atoms. The second-order valence-electron chi connectivity index (χ2n) is 11.1. The summed E-state index contributed by atoms with van der Waals surface area (Å²) in [5.41, 5.74) is 9.86. The van der Waals surface area contributed by atoms with Gasteiger partial charge in [0.25, 0.3) is 0 Å². The summed E-state index contributed by atoms with van der Waals surface area (Å²) in [5, 5.41) is 3.09.